The summed E-state index contributed by atoms with van der Waals surface area (Å²) in [6, 6.07) is 0. The average molecular weight is 331 g/mol. The van der Waals surface area contributed by atoms with E-state index < -0.39 is 22.6 Å². The Bertz CT molecular complexity index is 361. The van der Waals surface area contributed by atoms with E-state index in [1.165, 1.54) is 16.7 Å². The summed E-state index contributed by atoms with van der Waals surface area (Å²) in [5, 5.41) is 0. The molecule has 0 bridgehead atoms. The fourth-order valence-electron chi connectivity index (χ4n) is 2.64. The molecule has 0 atom stereocenters. The Morgan fingerprint density at radius 2 is 1.44 bits per heavy atom. The first-order valence-corrected chi connectivity index (χ1v) is 10.6. The van der Waals surface area contributed by atoms with Crippen molar-refractivity contribution in [2.75, 3.05) is 13.2 Å². The summed E-state index contributed by atoms with van der Waals surface area (Å²) < 4.78 is 12.8. The van der Waals surface area contributed by atoms with Gasteiger partial charge in [0, 0.05) is 0 Å². The first kappa shape index (κ1) is 16.3. The van der Waals surface area contributed by atoms with Gasteiger partial charge in [0.1, 0.15) is 0 Å². The van der Waals surface area contributed by atoms with E-state index in [0.29, 0.717) is 0 Å². The van der Waals surface area contributed by atoms with Gasteiger partial charge >= 0.3 is 122 Å². The van der Waals surface area contributed by atoms with Crippen molar-refractivity contribution >= 4 is 0 Å². The molecule has 18 heavy (non-hydrogen) atoms. The molecule has 0 spiro atoms. The third-order valence-electron chi connectivity index (χ3n) is 4.20. The summed E-state index contributed by atoms with van der Waals surface area (Å²) in [6.45, 7) is 17.1. The van der Waals surface area contributed by atoms with Crippen LogP contribution in [-0.4, -0.2) is 13.2 Å². The number of hydrogen-bond acceptors (Lipinski definition) is 2. The van der Waals surface area contributed by atoms with Crippen LogP contribution in [0.2, 0.25) is 4.13 Å². The third-order valence-corrected chi connectivity index (χ3v) is 8.78. The van der Waals surface area contributed by atoms with Gasteiger partial charge in [0.2, 0.25) is 0 Å². The van der Waals surface area contributed by atoms with E-state index in [1.54, 1.807) is 5.57 Å². The van der Waals surface area contributed by atoms with Crippen molar-refractivity contribution in [1.82, 2.24) is 0 Å². The molecule has 0 unspecified atom stereocenters. The molecule has 0 heterocycles. The van der Waals surface area contributed by atoms with Gasteiger partial charge in [-0.2, -0.15) is 0 Å². The SMILES string of the molecule is CC[O][Zr]([CH2]C1=C(C)C(C)=C(C)C1(C)C)[O]CC. The van der Waals surface area contributed by atoms with Crippen LogP contribution in [0.3, 0.4) is 0 Å². The van der Waals surface area contributed by atoms with E-state index >= 15 is 0 Å². The van der Waals surface area contributed by atoms with Gasteiger partial charge in [-0.25, -0.2) is 0 Å². The van der Waals surface area contributed by atoms with Crippen molar-refractivity contribution < 1.29 is 28.3 Å². The molecular formula is C15H27O2Zr. The molecule has 3 heteroatoms. The van der Waals surface area contributed by atoms with Crippen LogP contribution in [-0.2, 0) is 28.3 Å². The molecule has 1 aliphatic carbocycles. The molecule has 0 amide bonds. The zero-order valence-corrected chi connectivity index (χ0v) is 15.4. The third kappa shape index (κ3) is 3.24. The van der Waals surface area contributed by atoms with Crippen LogP contribution in [0.4, 0.5) is 0 Å². The molecule has 0 saturated carbocycles. The molecule has 0 N–H and O–H groups in total. The molecule has 0 aromatic rings. The van der Waals surface area contributed by atoms with Crippen LogP contribution in [0.1, 0.15) is 48.5 Å². The van der Waals surface area contributed by atoms with Gasteiger partial charge in [0.25, 0.3) is 0 Å². The van der Waals surface area contributed by atoms with Gasteiger partial charge in [-0.05, 0) is 0 Å². The zero-order chi connectivity index (χ0) is 13.9. The van der Waals surface area contributed by atoms with Crippen molar-refractivity contribution in [2.24, 2.45) is 5.41 Å². The van der Waals surface area contributed by atoms with Crippen molar-refractivity contribution in [3.8, 4) is 0 Å². The van der Waals surface area contributed by atoms with Gasteiger partial charge < -0.3 is 0 Å². The van der Waals surface area contributed by atoms with Crippen LogP contribution < -0.4 is 0 Å². The van der Waals surface area contributed by atoms with Crippen molar-refractivity contribution in [2.45, 2.75) is 52.6 Å². The topological polar surface area (TPSA) is 18.5 Å². The summed E-state index contributed by atoms with van der Waals surface area (Å²) >= 11 is -2.14. The van der Waals surface area contributed by atoms with Crippen LogP contribution in [0.15, 0.2) is 22.3 Å². The maximum absolute atomic E-state index is 5.88. The Kier molecular flexibility index (Phi) is 6.02. The summed E-state index contributed by atoms with van der Waals surface area (Å²) in [5.41, 5.74) is 6.18. The molecular weight excluding hydrogens is 303 g/mol. The van der Waals surface area contributed by atoms with E-state index in [0.717, 1.165) is 17.3 Å². The Morgan fingerprint density at radius 1 is 0.944 bits per heavy atom. The minimum atomic E-state index is -2.14. The fraction of sp³-hybridized carbons (Fsp3) is 0.733. The van der Waals surface area contributed by atoms with Crippen LogP contribution in [0.5, 0.6) is 0 Å². The van der Waals surface area contributed by atoms with Crippen molar-refractivity contribution in [3.63, 3.8) is 0 Å². The van der Waals surface area contributed by atoms with E-state index in [-0.39, 0.29) is 5.41 Å². The standard InChI is InChI=1S/C11H17.2C2H5O.Zr/c1-7-8(2)10(4)11(5,6)9(7)3;2*1-2-3;/h3H2,1-2,4-6H3;2*2H2,1H3;/q;2*-1;+2. The second kappa shape index (κ2) is 6.63. The van der Waals surface area contributed by atoms with Crippen molar-refractivity contribution in [3.05, 3.63) is 22.3 Å². The average Bonchev–Trinajstić information content (AvgIpc) is 2.45. The van der Waals surface area contributed by atoms with Gasteiger partial charge in [0.15, 0.2) is 0 Å². The summed E-state index contributed by atoms with van der Waals surface area (Å²) in [5.74, 6) is 0. The Labute approximate surface area is 121 Å². The minimum absolute atomic E-state index is 0.189. The molecule has 0 aromatic carbocycles. The van der Waals surface area contributed by atoms with Gasteiger partial charge in [-0.1, -0.05) is 0 Å². The number of allylic oxidation sites excluding steroid dienone is 4. The fourth-order valence-corrected chi connectivity index (χ4v) is 7.37. The molecule has 2 nitrogen and oxygen atoms in total. The molecule has 0 radical (unpaired) electrons. The predicted molar refractivity (Wildman–Crippen MR) is 72.9 cm³/mol. The Hall–Kier alpha value is 0.283. The number of rotatable bonds is 6. The summed E-state index contributed by atoms with van der Waals surface area (Å²) in [6.07, 6.45) is 0. The first-order chi connectivity index (χ1) is 8.36. The van der Waals surface area contributed by atoms with Gasteiger partial charge in [-0.15, -0.1) is 0 Å². The first-order valence-electron chi connectivity index (χ1n) is 6.86. The molecule has 0 aromatic heterocycles. The van der Waals surface area contributed by atoms with Crippen molar-refractivity contribution in [1.29, 1.82) is 0 Å². The molecule has 103 valence electrons. The quantitative estimate of drug-likeness (QED) is 0.707. The molecule has 1 rings (SSSR count). The van der Waals surface area contributed by atoms with Gasteiger partial charge in [-0.3, -0.25) is 0 Å². The van der Waals surface area contributed by atoms with Crippen LogP contribution in [0.25, 0.3) is 0 Å². The second-order valence-corrected chi connectivity index (χ2v) is 9.51. The maximum atomic E-state index is 5.88. The van der Waals surface area contributed by atoms with Crippen LogP contribution >= 0.6 is 0 Å². The van der Waals surface area contributed by atoms with E-state index in [1.807, 2.05) is 0 Å². The summed E-state index contributed by atoms with van der Waals surface area (Å²) in [4.78, 5) is 0. The molecule has 1 aliphatic rings. The molecule has 0 saturated heterocycles. The van der Waals surface area contributed by atoms with E-state index in [9.17, 15) is 0 Å². The van der Waals surface area contributed by atoms with Crippen LogP contribution in [0, 0.1) is 5.41 Å². The number of hydrogen-bond donors (Lipinski definition) is 0. The summed E-state index contributed by atoms with van der Waals surface area (Å²) in [7, 11) is 0. The second-order valence-electron chi connectivity index (χ2n) is 5.39. The predicted octanol–water partition coefficient (Wildman–Crippen LogP) is 4.62. The zero-order valence-electron chi connectivity index (χ0n) is 12.9. The normalized spacial score (nSPS) is 18.8. The Morgan fingerprint density at radius 3 is 1.78 bits per heavy atom. The monoisotopic (exact) mass is 329 g/mol. The van der Waals surface area contributed by atoms with E-state index in [4.69, 9.17) is 5.63 Å². The van der Waals surface area contributed by atoms with E-state index in [2.05, 4.69) is 48.5 Å². The molecule has 0 fully saturated rings. The Balaban J connectivity index is 2.90. The molecule has 0 aliphatic heterocycles. The van der Waals surface area contributed by atoms with Gasteiger partial charge in [0.05, 0.1) is 0 Å².